The number of benzene rings is 2. The normalized spacial score (nSPS) is 10.5. The van der Waals surface area contributed by atoms with Crippen LogP contribution in [0.4, 0.5) is 5.69 Å². The fraction of sp³-hybridized carbons (Fsp3) is 0.211. The van der Waals surface area contributed by atoms with Gasteiger partial charge in [0.25, 0.3) is 5.91 Å². The third-order valence-electron chi connectivity index (χ3n) is 3.90. The summed E-state index contributed by atoms with van der Waals surface area (Å²) in [5.74, 6) is -0.205. The first-order chi connectivity index (χ1) is 12.6. The van der Waals surface area contributed by atoms with Gasteiger partial charge in [0.05, 0.1) is 11.4 Å². The summed E-state index contributed by atoms with van der Waals surface area (Å²) in [5, 5.41) is 14.4. The smallest absolute Gasteiger partial charge is 0.273 e. The highest BCUT2D eigenvalue weighted by atomic mass is 79.9. The molecule has 1 heterocycles. The van der Waals surface area contributed by atoms with Gasteiger partial charge in [-0.25, -0.2) is 4.68 Å². The van der Waals surface area contributed by atoms with Gasteiger partial charge in [-0.05, 0) is 43.7 Å². The number of anilines is 1. The minimum atomic E-state index is -0.205. The largest absolute Gasteiger partial charge is 0.385 e. The maximum absolute atomic E-state index is 12.4. The first-order valence-corrected chi connectivity index (χ1v) is 9.20. The molecule has 0 aliphatic heterocycles. The van der Waals surface area contributed by atoms with E-state index in [9.17, 15) is 4.79 Å². The van der Waals surface area contributed by atoms with Crippen LogP contribution in [0.15, 0.2) is 59.1 Å². The number of carbonyl (C=O) groups is 1. The van der Waals surface area contributed by atoms with Crippen LogP contribution in [0.25, 0.3) is 5.69 Å². The second kappa shape index (κ2) is 8.62. The van der Waals surface area contributed by atoms with E-state index < -0.39 is 0 Å². The number of halogens is 1. The number of rotatable bonds is 7. The number of para-hydroxylation sites is 1. The Bertz CT molecular complexity index is 879. The molecule has 134 valence electrons. The minimum Gasteiger partial charge on any atom is -0.385 e. The Balaban J connectivity index is 1.52. The van der Waals surface area contributed by atoms with Gasteiger partial charge in [-0.3, -0.25) is 4.79 Å². The first-order valence-electron chi connectivity index (χ1n) is 8.40. The topological polar surface area (TPSA) is 71.8 Å². The van der Waals surface area contributed by atoms with Gasteiger partial charge in [0.1, 0.15) is 0 Å². The number of amides is 1. The number of carbonyl (C=O) groups excluding carboxylic acids is 1. The zero-order valence-electron chi connectivity index (χ0n) is 14.4. The van der Waals surface area contributed by atoms with Gasteiger partial charge in [-0.2, -0.15) is 0 Å². The number of hydrogen-bond donors (Lipinski definition) is 2. The van der Waals surface area contributed by atoms with Crippen molar-refractivity contribution in [3.63, 3.8) is 0 Å². The Morgan fingerprint density at radius 3 is 2.69 bits per heavy atom. The predicted molar refractivity (Wildman–Crippen MR) is 106 cm³/mol. The molecule has 2 aromatic carbocycles. The second-order valence-electron chi connectivity index (χ2n) is 5.82. The summed E-state index contributed by atoms with van der Waals surface area (Å²) in [5.41, 5.74) is 2.99. The van der Waals surface area contributed by atoms with E-state index in [1.165, 1.54) is 0 Å². The molecule has 0 radical (unpaired) electrons. The summed E-state index contributed by atoms with van der Waals surface area (Å²) in [6, 6.07) is 17.7. The lowest BCUT2D eigenvalue weighted by Gasteiger charge is -2.07. The minimum absolute atomic E-state index is 0.205. The second-order valence-corrected chi connectivity index (χ2v) is 6.73. The zero-order valence-corrected chi connectivity index (χ0v) is 16.0. The maximum atomic E-state index is 12.4. The van der Waals surface area contributed by atoms with Crippen molar-refractivity contribution in [3.05, 3.63) is 70.5 Å². The molecular formula is C19H20BrN5O. The van der Waals surface area contributed by atoms with Crippen molar-refractivity contribution in [2.45, 2.75) is 13.3 Å². The van der Waals surface area contributed by atoms with Crippen LogP contribution in [0.2, 0.25) is 0 Å². The van der Waals surface area contributed by atoms with Gasteiger partial charge in [-0.15, -0.1) is 5.10 Å². The molecule has 0 spiro atoms. The fourth-order valence-corrected chi connectivity index (χ4v) is 2.94. The molecule has 0 fully saturated rings. The molecule has 0 bridgehead atoms. The Kier molecular flexibility index (Phi) is 6.01. The van der Waals surface area contributed by atoms with E-state index in [0.717, 1.165) is 28.8 Å². The van der Waals surface area contributed by atoms with E-state index in [2.05, 4.69) is 36.9 Å². The number of hydrogen-bond acceptors (Lipinski definition) is 4. The van der Waals surface area contributed by atoms with Gasteiger partial charge in [0.15, 0.2) is 5.69 Å². The standard InChI is InChI=1S/C19H20BrN5O/c1-14-18(23-24-25(14)17-10-5-7-15(20)13-17)19(26)22-12-6-11-21-16-8-3-2-4-9-16/h2-5,7-10,13,21H,6,11-12H2,1H3,(H,22,26). The molecule has 0 aliphatic rings. The SMILES string of the molecule is Cc1c(C(=O)NCCCNc2ccccc2)nnn1-c1cccc(Br)c1. The van der Waals surface area contributed by atoms with Crippen LogP contribution in [-0.2, 0) is 0 Å². The van der Waals surface area contributed by atoms with Crippen LogP contribution in [0, 0.1) is 6.92 Å². The summed E-state index contributed by atoms with van der Waals surface area (Å²) in [7, 11) is 0. The highest BCUT2D eigenvalue weighted by Crippen LogP contribution is 2.17. The van der Waals surface area contributed by atoms with Gasteiger partial charge < -0.3 is 10.6 Å². The third-order valence-corrected chi connectivity index (χ3v) is 4.40. The lowest BCUT2D eigenvalue weighted by Crippen LogP contribution is -2.26. The van der Waals surface area contributed by atoms with E-state index in [1.54, 1.807) is 4.68 Å². The van der Waals surface area contributed by atoms with E-state index >= 15 is 0 Å². The number of nitrogens with one attached hydrogen (secondary N) is 2. The Labute approximate surface area is 160 Å². The predicted octanol–water partition coefficient (Wildman–Crippen LogP) is 3.57. The lowest BCUT2D eigenvalue weighted by atomic mass is 10.2. The van der Waals surface area contributed by atoms with Crippen molar-refractivity contribution in [2.75, 3.05) is 18.4 Å². The van der Waals surface area contributed by atoms with E-state index in [1.807, 2.05) is 61.5 Å². The van der Waals surface area contributed by atoms with E-state index in [0.29, 0.717) is 17.9 Å². The molecule has 7 heteroatoms. The third kappa shape index (κ3) is 4.49. The van der Waals surface area contributed by atoms with Crippen LogP contribution >= 0.6 is 15.9 Å². The molecule has 0 aliphatic carbocycles. The molecule has 0 saturated carbocycles. The van der Waals surface area contributed by atoms with Crippen molar-refractivity contribution in [1.29, 1.82) is 0 Å². The summed E-state index contributed by atoms with van der Waals surface area (Å²) in [6.45, 7) is 3.20. The van der Waals surface area contributed by atoms with E-state index in [-0.39, 0.29) is 5.91 Å². The summed E-state index contributed by atoms with van der Waals surface area (Å²) < 4.78 is 2.61. The first kappa shape index (κ1) is 18.1. The Hall–Kier alpha value is -2.67. The van der Waals surface area contributed by atoms with Crippen molar-refractivity contribution >= 4 is 27.5 Å². The van der Waals surface area contributed by atoms with E-state index in [4.69, 9.17) is 0 Å². The summed E-state index contributed by atoms with van der Waals surface area (Å²) in [6.07, 6.45) is 0.819. The molecule has 26 heavy (non-hydrogen) atoms. The van der Waals surface area contributed by atoms with Gasteiger partial charge in [-0.1, -0.05) is 45.4 Å². The molecule has 3 rings (SSSR count). The quantitative estimate of drug-likeness (QED) is 0.580. The molecule has 1 aromatic heterocycles. The molecule has 1 amide bonds. The summed E-state index contributed by atoms with van der Waals surface area (Å²) in [4.78, 5) is 12.4. The van der Waals surface area contributed by atoms with Gasteiger partial charge in [0.2, 0.25) is 0 Å². The van der Waals surface area contributed by atoms with Crippen molar-refractivity contribution in [1.82, 2.24) is 20.3 Å². The molecule has 0 atom stereocenters. The Morgan fingerprint density at radius 1 is 1.12 bits per heavy atom. The molecular weight excluding hydrogens is 394 g/mol. The van der Waals surface area contributed by atoms with Crippen LogP contribution < -0.4 is 10.6 Å². The lowest BCUT2D eigenvalue weighted by molar-refractivity contribution is 0.0948. The van der Waals surface area contributed by atoms with Crippen LogP contribution in [-0.4, -0.2) is 34.0 Å². The monoisotopic (exact) mass is 413 g/mol. The molecule has 3 aromatic rings. The number of nitrogens with zero attached hydrogens (tertiary/aromatic N) is 3. The van der Waals surface area contributed by atoms with Gasteiger partial charge >= 0.3 is 0 Å². The molecule has 0 unspecified atom stereocenters. The summed E-state index contributed by atoms with van der Waals surface area (Å²) >= 11 is 3.44. The van der Waals surface area contributed by atoms with Crippen LogP contribution in [0.3, 0.4) is 0 Å². The van der Waals surface area contributed by atoms with Crippen molar-refractivity contribution in [3.8, 4) is 5.69 Å². The average Bonchev–Trinajstić information content (AvgIpc) is 3.04. The molecule has 0 saturated heterocycles. The highest BCUT2D eigenvalue weighted by Gasteiger charge is 2.16. The zero-order chi connectivity index (χ0) is 18.4. The molecule has 6 nitrogen and oxygen atoms in total. The van der Waals surface area contributed by atoms with Crippen molar-refractivity contribution in [2.24, 2.45) is 0 Å². The Morgan fingerprint density at radius 2 is 1.92 bits per heavy atom. The highest BCUT2D eigenvalue weighted by molar-refractivity contribution is 9.10. The van der Waals surface area contributed by atoms with Crippen LogP contribution in [0.5, 0.6) is 0 Å². The van der Waals surface area contributed by atoms with Gasteiger partial charge in [0, 0.05) is 23.2 Å². The van der Waals surface area contributed by atoms with Crippen molar-refractivity contribution < 1.29 is 4.79 Å². The molecule has 2 N–H and O–H groups in total. The number of aromatic nitrogens is 3. The fourth-order valence-electron chi connectivity index (χ4n) is 2.55. The maximum Gasteiger partial charge on any atom is 0.273 e. The average molecular weight is 414 g/mol. The van der Waals surface area contributed by atoms with Crippen LogP contribution in [0.1, 0.15) is 22.6 Å².